The maximum absolute atomic E-state index is 12.0. The third-order valence-corrected chi connectivity index (χ3v) is 3.07. The van der Waals surface area contributed by atoms with Crippen molar-refractivity contribution in [3.8, 4) is 0 Å². The number of ether oxygens (including phenoxy) is 1. The van der Waals surface area contributed by atoms with E-state index in [2.05, 4.69) is 5.10 Å². The van der Waals surface area contributed by atoms with Crippen molar-refractivity contribution >= 4 is 12.4 Å². The van der Waals surface area contributed by atoms with Gasteiger partial charge in [0.15, 0.2) is 6.29 Å². The van der Waals surface area contributed by atoms with Crippen molar-refractivity contribution in [2.75, 3.05) is 0 Å². The topological polar surface area (TPSA) is 64.4 Å². The molecule has 0 radical (unpaired) electrons. The van der Waals surface area contributed by atoms with E-state index in [0.29, 0.717) is 18.8 Å². The fraction of sp³-hybridized carbons (Fsp3) is 0.643. The summed E-state index contributed by atoms with van der Waals surface area (Å²) >= 11 is 0. The van der Waals surface area contributed by atoms with Gasteiger partial charge in [0, 0.05) is 11.6 Å². The van der Waals surface area contributed by atoms with Crippen molar-refractivity contribution in [1.29, 1.82) is 0 Å². The van der Waals surface area contributed by atoms with E-state index in [9.17, 15) is 9.59 Å². The Balaban J connectivity index is 2.18. The van der Waals surface area contributed by atoms with Gasteiger partial charge in [-0.15, -0.1) is 0 Å². The van der Waals surface area contributed by atoms with Crippen LogP contribution in [0.25, 0.3) is 0 Å². The Hall–Kier alpha value is -1.85. The highest BCUT2D eigenvalue weighted by atomic mass is 16.6. The molecule has 0 saturated heterocycles. The molecule has 0 aliphatic carbocycles. The first-order chi connectivity index (χ1) is 9.23. The number of aldehydes is 1. The minimum atomic E-state index is -0.525. The van der Waals surface area contributed by atoms with Crippen LogP contribution in [0.5, 0.6) is 0 Å². The molecule has 0 atom stereocenters. The largest absolute Gasteiger partial charge is 0.444 e. The van der Waals surface area contributed by atoms with E-state index in [0.717, 1.165) is 17.5 Å². The van der Waals surface area contributed by atoms with Gasteiger partial charge >= 0.3 is 6.09 Å². The number of rotatable bonds is 2. The Labute approximate surface area is 118 Å². The molecular formula is C14H21N3O3. The lowest BCUT2D eigenvalue weighted by atomic mass is 10.2. The lowest BCUT2D eigenvalue weighted by molar-refractivity contribution is 0.0238. The summed E-state index contributed by atoms with van der Waals surface area (Å²) in [6.07, 6.45) is 0.438. The van der Waals surface area contributed by atoms with Gasteiger partial charge < -0.3 is 4.74 Å². The van der Waals surface area contributed by atoms with Gasteiger partial charge in [0.05, 0.1) is 18.8 Å². The van der Waals surface area contributed by atoms with Gasteiger partial charge in [0.1, 0.15) is 11.3 Å². The number of hydrogen-bond donors (Lipinski definition) is 0. The van der Waals surface area contributed by atoms with Crippen LogP contribution in [-0.4, -0.2) is 32.7 Å². The zero-order chi connectivity index (χ0) is 15.1. The minimum Gasteiger partial charge on any atom is -0.444 e. The van der Waals surface area contributed by atoms with Crippen molar-refractivity contribution in [3.63, 3.8) is 0 Å². The predicted octanol–water partition coefficient (Wildman–Crippen LogP) is 2.53. The molecule has 1 amide bonds. The van der Waals surface area contributed by atoms with Gasteiger partial charge in [-0.1, -0.05) is 0 Å². The molecule has 0 saturated carbocycles. The van der Waals surface area contributed by atoms with Crippen LogP contribution < -0.4 is 0 Å². The molecule has 0 bridgehead atoms. The molecule has 6 nitrogen and oxygen atoms in total. The number of nitrogens with zero attached hydrogens (tertiary/aromatic N) is 3. The number of fused-ring (bicyclic) bond motifs is 1. The maximum Gasteiger partial charge on any atom is 0.410 e. The van der Waals surface area contributed by atoms with Gasteiger partial charge in [-0.05, 0) is 34.6 Å². The van der Waals surface area contributed by atoms with Gasteiger partial charge in [0.25, 0.3) is 0 Å². The molecule has 1 aliphatic rings. The summed E-state index contributed by atoms with van der Waals surface area (Å²) in [5.41, 5.74) is 1.65. The molecule has 1 aliphatic heterocycles. The molecule has 1 aromatic rings. The average molecular weight is 279 g/mol. The fourth-order valence-electron chi connectivity index (χ4n) is 2.23. The highest BCUT2D eigenvalue weighted by Gasteiger charge is 2.32. The van der Waals surface area contributed by atoms with E-state index in [-0.39, 0.29) is 12.1 Å². The second kappa shape index (κ2) is 4.92. The standard InChI is InChI=1S/C14H21N3O3/c1-9(2)17-12(8-18)10-6-16(7-11(10)15-17)13(19)20-14(3,4)5/h8-9H,6-7H2,1-5H3. The van der Waals surface area contributed by atoms with Gasteiger partial charge in [0.2, 0.25) is 0 Å². The van der Waals surface area contributed by atoms with Crippen molar-refractivity contribution in [2.45, 2.75) is 59.4 Å². The lowest BCUT2D eigenvalue weighted by Gasteiger charge is -2.24. The highest BCUT2D eigenvalue weighted by molar-refractivity contribution is 5.77. The van der Waals surface area contributed by atoms with Crippen molar-refractivity contribution in [1.82, 2.24) is 14.7 Å². The zero-order valence-corrected chi connectivity index (χ0v) is 12.6. The summed E-state index contributed by atoms with van der Waals surface area (Å²) in [6, 6.07) is 0.121. The second-order valence-electron chi connectivity index (χ2n) is 6.30. The third-order valence-electron chi connectivity index (χ3n) is 3.07. The van der Waals surface area contributed by atoms with E-state index >= 15 is 0 Å². The maximum atomic E-state index is 12.0. The molecular weight excluding hydrogens is 258 g/mol. The number of amides is 1. The Morgan fingerprint density at radius 1 is 1.35 bits per heavy atom. The summed E-state index contributed by atoms with van der Waals surface area (Å²) in [6.45, 7) is 10.2. The smallest absolute Gasteiger partial charge is 0.410 e. The molecule has 1 aromatic heterocycles. The summed E-state index contributed by atoms with van der Waals surface area (Å²) < 4.78 is 7.05. The van der Waals surface area contributed by atoms with Crippen LogP contribution in [0, 0.1) is 0 Å². The van der Waals surface area contributed by atoms with Crippen LogP contribution in [0.4, 0.5) is 4.79 Å². The SMILES string of the molecule is CC(C)n1nc2c(c1C=O)CN(C(=O)OC(C)(C)C)C2. The van der Waals surface area contributed by atoms with Gasteiger partial charge in [-0.25, -0.2) is 4.79 Å². The summed E-state index contributed by atoms with van der Waals surface area (Å²) in [7, 11) is 0. The summed E-state index contributed by atoms with van der Waals surface area (Å²) in [5.74, 6) is 0. The Morgan fingerprint density at radius 3 is 2.50 bits per heavy atom. The van der Waals surface area contributed by atoms with E-state index in [1.807, 2.05) is 34.6 Å². The Morgan fingerprint density at radius 2 is 2.00 bits per heavy atom. The van der Waals surface area contributed by atoms with E-state index in [1.165, 1.54) is 0 Å². The molecule has 0 unspecified atom stereocenters. The molecule has 0 fully saturated rings. The number of hydrogen-bond acceptors (Lipinski definition) is 4. The van der Waals surface area contributed by atoms with E-state index in [4.69, 9.17) is 4.74 Å². The first kappa shape index (κ1) is 14.6. The van der Waals surface area contributed by atoms with Crippen LogP contribution >= 0.6 is 0 Å². The monoisotopic (exact) mass is 279 g/mol. The first-order valence-corrected chi connectivity index (χ1v) is 6.76. The van der Waals surface area contributed by atoms with Crippen molar-refractivity contribution in [3.05, 3.63) is 17.0 Å². The van der Waals surface area contributed by atoms with Crippen LogP contribution in [0.3, 0.4) is 0 Å². The first-order valence-electron chi connectivity index (χ1n) is 6.76. The highest BCUT2D eigenvalue weighted by Crippen LogP contribution is 2.27. The number of carbonyl (C=O) groups is 2. The van der Waals surface area contributed by atoms with Crippen LogP contribution in [-0.2, 0) is 17.8 Å². The van der Waals surface area contributed by atoms with Crippen LogP contribution in [0.2, 0.25) is 0 Å². The minimum absolute atomic E-state index is 0.121. The molecule has 6 heteroatoms. The average Bonchev–Trinajstić information content (AvgIpc) is 2.82. The van der Waals surface area contributed by atoms with Gasteiger partial charge in [-0.2, -0.15) is 5.10 Å². The normalized spacial score (nSPS) is 14.6. The van der Waals surface area contributed by atoms with Crippen LogP contribution in [0.15, 0.2) is 0 Å². The van der Waals surface area contributed by atoms with Gasteiger partial charge in [-0.3, -0.25) is 14.4 Å². The quantitative estimate of drug-likeness (QED) is 0.780. The van der Waals surface area contributed by atoms with Crippen molar-refractivity contribution < 1.29 is 14.3 Å². The molecule has 110 valence electrons. The molecule has 2 rings (SSSR count). The second-order valence-corrected chi connectivity index (χ2v) is 6.30. The van der Waals surface area contributed by atoms with Crippen LogP contribution in [0.1, 0.15) is 62.4 Å². The fourth-order valence-corrected chi connectivity index (χ4v) is 2.23. The third kappa shape index (κ3) is 2.69. The summed E-state index contributed by atoms with van der Waals surface area (Å²) in [5, 5.41) is 4.43. The molecule has 0 spiro atoms. The molecule has 2 heterocycles. The molecule has 0 aromatic carbocycles. The lowest BCUT2D eigenvalue weighted by Crippen LogP contribution is -2.33. The molecule has 0 N–H and O–H groups in total. The predicted molar refractivity (Wildman–Crippen MR) is 73.5 cm³/mol. The Kier molecular flexibility index (Phi) is 3.58. The Bertz CT molecular complexity index is 541. The van der Waals surface area contributed by atoms with E-state index < -0.39 is 5.60 Å². The van der Waals surface area contributed by atoms with Crippen molar-refractivity contribution in [2.24, 2.45) is 0 Å². The van der Waals surface area contributed by atoms with E-state index in [1.54, 1.807) is 9.58 Å². The summed E-state index contributed by atoms with van der Waals surface area (Å²) in [4.78, 5) is 24.9. The zero-order valence-electron chi connectivity index (χ0n) is 12.6. The molecule has 20 heavy (non-hydrogen) atoms. The number of carbonyl (C=O) groups excluding carboxylic acids is 2. The number of aromatic nitrogens is 2.